The van der Waals surface area contributed by atoms with Gasteiger partial charge >= 0.3 is 0 Å². The summed E-state index contributed by atoms with van der Waals surface area (Å²) in [7, 11) is 4.77. The molecule has 0 saturated heterocycles. The summed E-state index contributed by atoms with van der Waals surface area (Å²) < 4.78 is 11.4. The molecule has 28 heavy (non-hydrogen) atoms. The summed E-state index contributed by atoms with van der Waals surface area (Å²) in [6.07, 6.45) is 1.44. The molecule has 8 nitrogen and oxygen atoms in total. The fourth-order valence-corrected chi connectivity index (χ4v) is 2.63. The Morgan fingerprint density at radius 2 is 1.93 bits per heavy atom. The number of rotatable bonds is 7. The van der Waals surface area contributed by atoms with Crippen molar-refractivity contribution >= 4 is 34.0 Å². The highest BCUT2D eigenvalue weighted by Gasteiger charge is 2.14. The average molecular weight is 450 g/mol. The zero-order chi connectivity index (χ0) is 20.7. The second-order valence-electron chi connectivity index (χ2n) is 5.86. The van der Waals surface area contributed by atoms with Crippen LogP contribution in [0, 0.1) is 0 Å². The van der Waals surface area contributed by atoms with Gasteiger partial charge in [0.05, 0.1) is 17.8 Å². The third kappa shape index (κ3) is 5.71. The molecular formula is C19H20BrN3O5. The zero-order valence-electron chi connectivity index (χ0n) is 15.6. The van der Waals surface area contributed by atoms with Crippen LogP contribution < -0.4 is 14.9 Å². The van der Waals surface area contributed by atoms with Crippen LogP contribution in [0.4, 0.5) is 0 Å². The maximum absolute atomic E-state index is 12.0. The number of carbonyl (C=O) groups is 2. The first-order chi connectivity index (χ1) is 13.3. The lowest BCUT2D eigenvalue weighted by Gasteiger charge is -2.15. The first-order valence-corrected chi connectivity index (χ1v) is 8.94. The van der Waals surface area contributed by atoms with Crippen LogP contribution in [0.15, 0.2) is 46.0 Å². The zero-order valence-corrected chi connectivity index (χ0v) is 17.2. The molecule has 0 radical (unpaired) electrons. The number of carbonyl (C=O) groups excluding carboxylic acids is 2. The molecule has 148 valence electrons. The minimum Gasteiger partial charge on any atom is -0.508 e. The molecule has 0 aliphatic heterocycles. The van der Waals surface area contributed by atoms with E-state index < -0.39 is 5.91 Å². The molecule has 0 aliphatic carbocycles. The molecule has 2 N–H and O–H groups in total. The minimum atomic E-state index is -0.413. The van der Waals surface area contributed by atoms with Crippen LogP contribution in [0.25, 0.3) is 0 Å². The number of methoxy groups -OCH3 is 1. The number of ether oxygens (including phenoxy) is 2. The third-order valence-electron chi connectivity index (χ3n) is 3.60. The lowest BCUT2D eigenvalue weighted by Crippen LogP contribution is -2.27. The SMILES string of the molecule is COc1cc(/C=N/NC(=O)c2ccc(O)cc2)cc(Br)c1OCC(=O)N(C)C. The van der Waals surface area contributed by atoms with Gasteiger partial charge in [-0.15, -0.1) is 0 Å². The molecular weight excluding hydrogens is 430 g/mol. The Kier molecular flexibility index (Phi) is 7.39. The van der Waals surface area contributed by atoms with Gasteiger partial charge in [0.1, 0.15) is 5.75 Å². The Balaban J connectivity index is 2.08. The number of amides is 2. The number of hydrazone groups is 1. The number of benzene rings is 2. The van der Waals surface area contributed by atoms with Crippen molar-refractivity contribution < 1.29 is 24.2 Å². The van der Waals surface area contributed by atoms with Crippen molar-refractivity contribution in [3.8, 4) is 17.2 Å². The van der Waals surface area contributed by atoms with Crippen LogP contribution in [0.2, 0.25) is 0 Å². The van der Waals surface area contributed by atoms with E-state index in [1.54, 1.807) is 26.2 Å². The molecule has 0 bridgehead atoms. The van der Waals surface area contributed by atoms with E-state index in [2.05, 4.69) is 26.5 Å². The fourth-order valence-electron chi connectivity index (χ4n) is 2.06. The average Bonchev–Trinajstić information content (AvgIpc) is 2.66. The van der Waals surface area contributed by atoms with Gasteiger partial charge in [-0.2, -0.15) is 5.10 Å². The maximum Gasteiger partial charge on any atom is 0.271 e. The van der Waals surface area contributed by atoms with Gasteiger partial charge in [0.15, 0.2) is 18.1 Å². The van der Waals surface area contributed by atoms with E-state index in [-0.39, 0.29) is 18.3 Å². The quantitative estimate of drug-likeness (QED) is 0.499. The molecule has 0 spiro atoms. The highest BCUT2D eigenvalue weighted by atomic mass is 79.9. The number of phenolic OH excluding ortho intramolecular Hbond substituents is 1. The second kappa shape index (κ2) is 9.75. The number of hydrogen-bond acceptors (Lipinski definition) is 6. The number of nitrogens with zero attached hydrogens (tertiary/aromatic N) is 2. The van der Waals surface area contributed by atoms with E-state index in [1.165, 1.54) is 42.5 Å². The van der Waals surface area contributed by atoms with Crippen LogP contribution in [0.1, 0.15) is 15.9 Å². The predicted octanol–water partition coefficient (Wildman–Crippen LogP) is 2.39. The summed E-state index contributed by atoms with van der Waals surface area (Å²) in [4.78, 5) is 25.1. The lowest BCUT2D eigenvalue weighted by molar-refractivity contribution is -0.130. The molecule has 2 amide bonds. The van der Waals surface area contributed by atoms with E-state index >= 15 is 0 Å². The summed E-state index contributed by atoms with van der Waals surface area (Å²) >= 11 is 3.39. The minimum absolute atomic E-state index is 0.0755. The monoisotopic (exact) mass is 449 g/mol. The normalized spacial score (nSPS) is 10.6. The number of phenols is 1. The Hall–Kier alpha value is -3.07. The van der Waals surface area contributed by atoms with Gasteiger partial charge in [-0.3, -0.25) is 9.59 Å². The van der Waals surface area contributed by atoms with Gasteiger partial charge in [0.2, 0.25) is 0 Å². The van der Waals surface area contributed by atoms with Crippen molar-refractivity contribution in [1.82, 2.24) is 10.3 Å². The summed E-state index contributed by atoms with van der Waals surface area (Å²) in [6.45, 7) is -0.127. The molecule has 0 aromatic heterocycles. The first-order valence-electron chi connectivity index (χ1n) is 8.14. The highest BCUT2D eigenvalue weighted by Crippen LogP contribution is 2.36. The van der Waals surface area contributed by atoms with Crippen molar-refractivity contribution in [2.45, 2.75) is 0 Å². The van der Waals surface area contributed by atoms with Gasteiger partial charge in [-0.1, -0.05) is 0 Å². The highest BCUT2D eigenvalue weighted by molar-refractivity contribution is 9.10. The first kappa shape index (κ1) is 21.2. The Morgan fingerprint density at radius 1 is 1.25 bits per heavy atom. The second-order valence-corrected chi connectivity index (χ2v) is 6.71. The van der Waals surface area contributed by atoms with E-state index in [9.17, 15) is 14.7 Å². The summed E-state index contributed by atoms with van der Waals surface area (Å²) in [6, 6.07) is 9.19. The van der Waals surface area contributed by atoms with Gasteiger partial charge in [-0.25, -0.2) is 5.43 Å². The largest absolute Gasteiger partial charge is 0.508 e. The van der Waals surface area contributed by atoms with Crippen LogP contribution in [-0.4, -0.2) is 55.8 Å². The van der Waals surface area contributed by atoms with Gasteiger partial charge in [0, 0.05) is 19.7 Å². The standard InChI is InChI=1S/C19H20BrN3O5/c1-23(2)17(25)11-28-18-15(20)8-12(9-16(18)27-3)10-21-22-19(26)13-4-6-14(24)7-5-13/h4-10,24H,11H2,1-3H3,(H,22,26)/b21-10+. The van der Waals surface area contributed by atoms with Gasteiger partial charge in [0.25, 0.3) is 11.8 Å². The molecule has 2 rings (SSSR count). The predicted molar refractivity (Wildman–Crippen MR) is 108 cm³/mol. The van der Waals surface area contributed by atoms with Crippen LogP contribution in [0.3, 0.4) is 0 Å². The molecule has 0 unspecified atom stereocenters. The van der Waals surface area contributed by atoms with Gasteiger partial charge < -0.3 is 19.5 Å². The molecule has 0 fully saturated rings. The van der Waals surface area contributed by atoms with Crippen molar-refractivity contribution in [2.75, 3.05) is 27.8 Å². The molecule has 0 aliphatic rings. The van der Waals surface area contributed by atoms with E-state index in [0.717, 1.165) is 0 Å². The number of likely N-dealkylation sites (N-methyl/N-ethyl adjacent to an activating group) is 1. The van der Waals surface area contributed by atoms with Crippen molar-refractivity contribution in [2.24, 2.45) is 5.10 Å². The Morgan fingerprint density at radius 3 is 2.54 bits per heavy atom. The molecule has 2 aromatic rings. The molecule has 2 aromatic carbocycles. The van der Waals surface area contributed by atoms with Crippen molar-refractivity contribution in [3.63, 3.8) is 0 Å². The summed E-state index contributed by atoms with van der Waals surface area (Å²) in [5, 5.41) is 13.2. The van der Waals surface area contributed by atoms with Crippen LogP contribution in [-0.2, 0) is 4.79 Å². The van der Waals surface area contributed by atoms with Crippen LogP contribution in [0.5, 0.6) is 17.2 Å². The molecule has 9 heteroatoms. The van der Waals surface area contributed by atoms with E-state index in [1.807, 2.05) is 0 Å². The Bertz CT molecular complexity index is 882. The van der Waals surface area contributed by atoms with Gasteiger partial charge in [-0.05, 0) is 57.9 Å². The number of aromatic hydroxyl groups is 1. The topological polar surface area (TPSA) is 100 Å². The third-order valence-corrected chi connectivity index (χ3v) is 4.19. The maximum atomic E-state index is 12.0. The Labute approximate surface area is 170 Å². The fraction of sp³-hybridized carbons (Fsp3) is 0.211. The number of nitrogens with one attached hydrogen (secondary N) is 1. The van der Waals surface area contributed by atoms with E-state index in [0.29, 0.717) is 27.1 Å². The van der Waals surface area contributed by atoms with E-state index in [4.69, 9.17) is 9.47 Å². The molecule has 0 saturated carbocycles. The van der Waals surface area contributed by atoms with Crippen LogP contribution >= 0.6 is 15.9 Å². The summed E-state index contributed by atoms with van der Waals surface area (Å²) in [5.41, 5.74) is 3.41. The van der Waals surface area contributed by atoms with Crippen molar-refractivity contribution in [3.05, 3.63) is 52.0 Å². The molecule has 0 heterocycles. The lowest BCUT2D eigenvalue weighted by atomic mass is 10.2. The number of hydrogen-bond donors (Lipinski definition) is 2. The number of halogens is 1. The van der Waals surface area contributed by atoms with Crippen molar-refractivity contribution in [1.29, 1.82) is 0 Å². The smallest absolute Gasteiger partial charge is 0.271 e. The molecule has 0 atom stereocenters. The summed E-state index contributed by atoms with van der Waals surface area (Å²) in [5.74, 6) is 0.280.